The molecule has 2 aliphatic rings. The Labute approximate surface area is 112 Å². The van der Waals surface area contributed by atoms with E-state index in [4.69, 9.17) is 10.5 Å². The van der Waals surface area contributed by atoms with Crippen LogP contribution in [0.2, 0.25) is 0 Å². The van der Waals surface area contributed by atoms with Crippen LogP contribution < -0.4 is 5.73 Å². The molecule has 2 aliphatic carbocycles. The molecule has 0 spiro atoms. The van der Waals surface area contributed by atoms with Gasteiger partial charge in [0.15, 0.2) is 0 Å². The average molecular weight is 254 g/mol. The van der Waals surface area contributed by atoms with E-state index in [0.29, 0.717) is 0 Å². The molecule has 18 heavy (non-hydrogen) atoms. The van der Waals surface area contributed by atoms with Crippen molar-refractivity contribution in [1.82, 2.24) is 4.90 Å². The fourth-order valence-electron chi connectivity index (χ4n) is 2.79. The van der Waals surface area contributed by atoms with Crippen LogP contribution in [0, 0.1) is 5.92 Å². The van der Waals surface area contributed by atoms with Gasteiger partial charge in [0, 0.05) is 18.7 Å². The first-order valence-electron chi connectivity index (χ1n) is 7.73. The van der Waals surface area contributed by atoms with Gasteiger partial charge in [-0.25, -0.2) is 0 Å². The van der Waals surface area contributed by atoms with E-state index in [1.165, 1.54) is 44.9 Å². The maximum atomic E-state index is 6.45. The molecule has 0 atom stereocenters. The van der Waals surface area contributed by atoms with E-state index in [0.717, 1.165) is 38.6 Å². The first-order valence-corrected chi connectivity index (χ1v) is 7.73. The number of ether oxygens (including phenoxy) is 1. The zero-order valence-electron chi connectivity index (χ0n) is 12.0. The second kappa shape index (κ2) is 6.88. The predicted octanol–water partition coefficient (Wildman–Crippen LogP) is 2.40. The van der Waals surface area contributed by atoms with Crippen LogP contribution in [0.25, 0.3) is 0 Å². The lowest BCUT2D eigenvalue weighted by Gasteiger charge is -2.34. The van der Waals surface area contributed by atoms with Crippen LogP contribution in [-0.4, -0.2) is 43.8 Å². The summed E-state index contributed by atoms with van der Waals surface area (Å²) >= 11 is 0. The first-order chi connectivity index (χ1) is 8.68. The molecule has 3 heteroatoms. The Morgan fingerprint density at radius 2 is 1.89 bits per heavy atom. The summed E-state index contributed by atoms with van der Waals surface area (Å²) in [7, 11) is 2.19. The lowest BCUT2D eigenvalue weighted by atomic mass is 9.80. The normalized spacial score (nSPS) is 23.5. The van der Waals surface area contributed by atoms with Crippen molar-refractivity contribution in [3.05, 3.63) is 0 Å². The highest BCUT2D eigenvalue weighted by Crippen LogP contribution is 2.29. The van der Waals surface area contributed by atoms with Gasteiger partial charge in [-0.1, -0.05) is 19.3 Å². The Balaban J connectivity index is 1.51. The van der Waals surface area contributed by atoms with Crippen molar-refractivity contribution < 1.29 is 4.74 Å². The van der Waals surface area contributed by atoms with Gasteiger partial charge in [-0.15, -0.1) is 0 Å². The quantitative estimate of drug-likeness (QED) is 0.676. The summed E-state index contributed by atoms with van der Waals surface area (Å²) < 4.78 is 5.67. The van der Waals surface area contributed by atoms with Crippen LogP contribution in [0.4, 0.5) is 0 Å². The molecule has 0 aliphatic heterocycles. The van der Waals surface area contributed by atoms with E-state index in [1.54, 1.807) is 0 Å². The number of likely N-dealkylation sites (N-methyl/N-ethyl adjacent to an activating group) is 1. The Kier molecular flexibility index (Phi) is 5.46. The molecule has 2 rings (SSSR count). The third-order valence-electron chi connectivity index (χ3n) is 4.51. The molecule has 2 fully saturated rings. The smallest absolute Gasteiger partial charge is 0.0593 e. The molecule has 3 nitrogen and oxygen atoms in total. The van der Waals surface area contributed by atoms with E-state index in [2.05, 4.69) is 11.9 Å². The third-order valence-corrected chi connectivity index (χ3v) is 4.51. The van der Waals surface area contributed by atoms with E-state index < -0.39 is 0 Å². The molecular weight excluding hydrogens is 224 g/mol. The van der Waals surface area contributed by atoms with E-state index >= 15 is 0 Å². The van der Waals surface area contributed by atoms with Crippen molar-refractivity contribution in [3.8, 4) is 0 Å². The summed E-state index contributed by atoms with van der Waals surface area (Å²) in [5.74, 6) is 0.879. The summed E-state index contributed by atoms with van der Waals surface area (Å²) in [5, 5.41) is 0. The standard InChI is InChI=1S/C15H30N2O/c1-17(11-12-18-13-14-5-6-14)10-9-15(16)7-3-2-4-8-15/h14H,2-13,16H2,1H3. The average Bonchev–Trinajstić information content (AvgIpc) is 3.17. The topological polar surface area (TPSA) is 38.5 Å². The van der Waals surface area contributed by atoms with Gasteiger partial charge in [-0.05, 0) is 51.6 Å². The monoisotopic (exact) mass is 254 g/mol. The van der Waals surface area contributed by atoms with Crippen molar-refractivity contribution in [2.75, 3.05) is 33.4 Å². The molecule has 2 saturated carbocycles. The molecule has 0 bridgehead atoms. The zero-order valence-corrected chi connectivity index (χ0v) is 12.0. The second-order valence-corrected chi connectivity index (χ2v) is 6.49. The van der Waals surface area contributed by atoms with Crippen LogP contribution in [0.3, 0.4) is 0 Å². The summed E-state index contributed by atoms with van der Waals surface area (Å²) in [5.41, 5.74) is 6.58. The van der Waals surface area contributed by atoms with Gasteiger partial charge in [-0.3, -0.25) is 0 Å². The van der Waals surface area contributed by atoms with Gasteiger partial charge in [0.1, 0.15) is 0 Å². The molecule has 106 valence electrons. The van der Waals surface area contributed by atoms with Gasteiger partial charge >= 0.3 is 0 Å². The van der Waals surface area contributed by atoms with E-state index in [1.807, 2.05) is 0 Å². The van der Waals surface area contributed by atoms with Crippen molar-refractivity contribution in [2.24, 2.45) is 11.7 Å². The molecule has 0 aromatic carbocycles. The highest BCUT2D eigenvalue weighted by atomic mass is 16.5. The minimum atomic E-state index is 0.126. The fraction of sp³-hybridized carbons (Fsp3) is 1.00. The molecule has 0 amide bonds. The third kappa shape index (κ3) is 5.25. The van der Waals surface area contributed by atoms with E-state index in [-0.39, 0.29) is 5.54 Å². The highest BCUT2D eigenvalue weighted by molar-refractivity contribution is 4.87. The summed E-state index contributed by atoms with van der Waals surface area (Å²) in [6.45, 7) is 4.02. The number of hydrogen-bond acceptors (Lipinski definition) is 3. The van der Waals surface area contributed by atoms with Crippen molar-refractivity contribution >= 4 is 0 Å². The molecular formula is C15H30N2O. The molecule has 0 saturated heterocycles. The fourth-order valence-corrected chi connectivity index (χ4v) is 2.79. The maximum Gasteiger partial charge on any atom is 0.0593 e. The minimum absolute atomic E-state index is 0.126. The maximum absolute atomic E-state index is 6.45. The SMILES string of the molecule is CN(CCOCC1CC1)CCC1(N)CCCCC1. The van der Waals surface area contributed by atoms with Gasteiger partial charge in [0.25, 0.3) is 0 Å². The Bertz CT molecular complexity index is 235. The van der Waals surface area contributed by atoms with Gasteiger partial charge < -0.3 is 15.4 Å². The molecule has 2 N–H and O–H groups in total. The molecule has 0 unspecified atom stereocenters. The minimum Gasteiger partial charge on any atom is -0.380 e. The lowest BCUT2D eigenvalue weighted by Crippen LogP contribution is -2.44. The highest BCUT2D eigenvalue weighted by Gasteiger charge is 2.27. The molecule has 0 aromatic heterocycles. The van der Waals surface area contributed by atoms with E-state index in [9.17, 15) is 0 Å². The van der Waals surface area contributed by atoms with Crippen molar-refractivity contribution in [1.29, 1.82) is 0 Å². The predicted molar refractivity (Wildman–Crippen MR) is 75.7 cm³/mol. The number of nitrogens with two attached hydrogens (primary N) is 1. The van der Waals surface area contributed by atoms with Gasteiger partial charge in [0.2, 0.25) is 0 Å². The van der Waals surface area contributed by atoms with Crippen LogP contribution in [0.1, 0.15) is 51.4 Å². The van der Waals surface area contributed by atoms with Crippen molar-refractivity contribution in [3.63, 3.8) is 0 Å². The Morgan fingerprint density at radius 1 is 1.17 bits per heavy atom. The molecule has 0 heterocycles. The van der Waals surface area contributed by atoms with Crippen molar-refractivity contribution in [2.45, 2.75) is 56.9 Å². The molecule has 0 radical (unpaired) electrons. The zero-order chi connectivity index (χ0) is 12.8. The second-order valence-electron chi connectivity index (χ2n) is 6.49. The van der Waals surface area contributed by atoms with Crippen LogP contribution >= 0.6 is 0 Å². The summed E-state index contributed by atoms with van der Waals surface area (Å²) in [4.78, 5) is 2.37. The Hall–Kier alpha value is -0.120. The van der Waals surface area contributed by atoms with Crippen LogP contribution in [0.5, 0.6) is 0 Å². The number of nitrogens with zero attached hydrogens (tertiary/aromatic N) is 1. The first kappa shape index (κ1) is 14.3. The van der Waals surface area contributed by atoms with Crippen LogP contribution in [-0.2, 0) is 4.74 Å². The summed E-state index contributed by atoms with van der Waals surface area (Å²) in [6.07, 6.45) is 10.4. The summed E-state index contributed by atoms with van der Waals surface area (Å²) in [6, 6.07) is 0. The Morgan fingerprint density at radius 3 is 2.56 bits per heavy atom. The largest absolute Gasteiger partial charge is 0.380 e. The number of hydrogen-bond donors (Lipinski definition) is 1. The number of rotatable bonds is 8. The lowest BCUT2D eigenvalue weighted by molar-refractivity contribution is 0.0999. The molecule has 0 aromatic rings. The van der Waals surface area contributed by atoms with Crippen LogP contribution in [0.15, 0.2) is 0 Å². The van der Waals surface area contributed by atoms with Gasteiger partial charge in [-0.2, -0.15) is 0 Å². The van der Waals surface area contributed by atoms with Gasteiger partial charge in [0.05, 0.1) is 6.61 Å².